The molecule has 2 rings (SSSR count). The van der Waals surface area contributed by atoms with E-state index < -0.39 is 0 Å². The van der Waals surface area contributed by atoms with Crippen LogP contribution in [0.1, 0.15) is 18.9 Å². The van der Waals surface area contributed by atoms with Crippen molar-refractivity contribution in [3.05, 3.63) is 23.8 Å². The molecule has 1 amide bonds. The third-order valence-corrected chi connectivity index (χ3v) is 2.74. The van der Waals surface area contributed by atoms with Gasteiger partial charge in [-0.25, -0.2) is 4.79 Å². The number of carbonyl (C=O) groups excluding carboxylic acids is 2. The van der Waals surface area contributed by atoms with Gasteiger partial charge in [0.1, 0.15) is 0 Å². The molecule has 0 atom stereocenters. The van der Waals surface area contributed by atoms with Crippen LogP contribution in [0.3, 0.4) is 0 Å². The predicted octanol–water partition coefficient (Wildman–Crippen LogP) is 1.95. The minimum absolute atomic E-state index is 0.0215. The highest BCUT2D eigenvalue weighted by Crippen LogP contribution is 2.30. The summed E-state index contributed by atoms with van der Waals surface area (Å²) >= 11 is 0. The molecule has 82 valence electrons. The van der Waals surface area contributed by atoms with Crippen LogP contribution in [-0.4, -0.2) is 18.5 Å². The number of hydrogen-bond donors (Lipinski definition) is 0. The zero-order valence-corrected chi connectivity index (χ0v) is 9.06. The molecule has 0 saturated carbocycles. The van der Waals surface area contributed by atoms with Crippen LogP contribution in [0.25, 0.3) is 0 Å². The Labute approximate surface area is 93.6 Å². The summed E-state index contributed by atoms with van der Waals surface area (Å²) in [5.74, 6) is 0.0215. The second-order valence-corrected chi connectivity index (χ2v) is 3.79. The van der Waals surface area contributed by atoms with E-state index in [0.29, 0.717) is 5.69 Å². The summed E-state index contributed by atoms with van der Waals surface area (Å²) in [7, 11) is 0. The molecule has 1 aromatic carbocycles. The van der Waals surface area contributed by atoms with E-state index >= 15 is 0 Å². The molecule has 0 spiro atoms. The highest BCUT2D eigenvalue weighted by molar-refractivity contribution is 5.93. The van der Waals surface area contributed by atoms with Gasteiger partial charge < -0.3 is 4.90 Å². The molecule has 16 heavy (non-hydrogen) atoms. The van der Waals surface area contributed by atoms with Crippen molar-refractivity contribution in [1.29, 1.82) is 0 Å². The lowest BCUT2D eigenvalue weighted by Gasteiger charge is -2.28. The first kappa shape index (κ1) is 10.6. The maximum atomic E-state index is 11.4. The van der Waals surface area contributed by atoms with Crippen molar-refractivity contribution in [3.63, 3.8) is 0 Å². The lowest BCUT2D eigenvalue weighted by Crippen LogP contribution is -2.33. The second kappa shape index (κ2) is 4.29. The molecule has 1 aromatic rings. The normalized spacial score (nSPS) is 13.9. The molecule has 1 heterocycles. The molecule has 0 bridgehead atoms. The Kier molecular flexibility index (Phi) is 2.84. The first-order valence-electron chi connectivity index (χ1n) is 5.21. The average Bonchev–Trinajstić information content (AvgIpc) is 2.28. The Balaban J connectivity index is 2.48. The van der Waals surface area contributed by atoms with E-state index in [1.165, 1.54) is 6.08 Å². The summed E-state index contributed by atoms with van der Waals surface area (Å²) in [5, 5.41) is 0. The average molecular weight is 216 g/mol. The molecular weight excluding hydrogens is 204 g/mol. The Morgan fingerprint density at radius 1 is 1.50 bits per heavy atom. The molecule has 0 N–H and O–H groups in total. The zero-order valence-electron chi connectivity index (χ0n) is 9.06. The van der Waals surface area contributed by atoms with Gasteiger partial charge in [-0.05, 0) is 30.5 Å². The number of anilines is 1. The van der Waals surface area contributed by atoms with E-state index in [-0.39, 0.29) is 5.91 Å². The maximum absolute atomic E-state index is 11.4. The number of fused-ring (bicyclic) bond motifs is 1. The zero-order chi connectivity index (χ0) is 11.5. The van der Waals surface area contributed by atoms with Crippen molar-refractivity contribution in [2.75, 3.05) is 11.4 Å². The second-order valence-electron chi connectivity index (χ2n) is 3.79. The van der Waals surface area contributed by atoms with Gasteiger partial charge in [-0.15, -0.1) is 0 Å². The van der Waals surface area contributed by atoms with Crippen LogP contribution in [0.5, 0.6) is 0 Å². The van der Waals surface area contributed by atoms with Gasteiger partial charge in [0.2, 0.25) is 12.0 Å². The highest BCUT2D eigenvalue weighted by atomic mass is 16.2. The summed E-state index contributed by atoms with van der Waals surface area (Å²) in [6.45, 7) is 2.28. The quantitative estimate of drug-likeness (QED) is 0.532. The topological polar surface area (TPSA) is 49.7 Å². The van der Waals surface area contributed by atoms with E-state index in [4.69, 9.17) is 0 Å². The van der Waals surface area contributed by atoms with Crippen LogP contribution in [-0.2, 0) is 16.0 Å². The van der Waals surface area contributed by atoms with Crippen LogP contribution in [0.15, 0.2) is 23.2 Å². The van der Waals surface area contributed by atoms with Crippen LogP contribution >= 0.6 is 0 Å². The Morgan fingerprint density at radius 3 is 3.00 bits per heavy atom. The Bertz CT molecular complexity index is 476. The molecule has 0 aromatic heterocycles. The fraction of sp³-hybridized carbons (Fsp3) is 0.333. The molecule has 0 aliphatic carbocycles. The summed E-state index contributed by atoms with van der Waals surface area (Å²) < 4.78 is 0. The van der Waals surface area contributed by atoms with Gasteiger partial charge in [0.25, 0.3) is 0 Å². The van der Waals surface area contributed by atoms with Gasteiger partial charge >= 0.3 is 0 Å². The number of aryl methyl sites for hydroxylation is 1. The summed E-state index contributed by atoms with van der Waals surface area (Å²) in [5.41, 5.74) is 2.54. The fourth-order valence-electron chi connectivity index (χ4n) is 2.01. The maximum Gasteiger partial charge on any atom is 0.240 e. The van der Waals surface area contributed by atoms with Gasteiger partial charge in [-0.2, -0.15) is 4.99 Å². The third-order valence-electron chi connectivity index (χ3n) is 2.74. The molecule has 0 fully saturated rings. The largest absolute Gasteiger partial charge is 0.312 e. The Hall–Kier alpha value is -1.93. The van der Waals surface area contributed by atoms with E-state index in [1.54, 1.807) is 24.0 Å². The lowest BCUT2D eigenvalue weighted by atomic mass is 10.0. The number of rotatable bonds is 1. The van der Waals surface area contributed by atoms with E-state index in [2.05, 4.69) is 4.99 Å². The van der Waals surface area contributed by atoms with Crippen molar-refractivity contribution < 1.29 is 9.59 Å². The molecule has 0 saturated heterocycles. The van der Waals surface area contributed by atoms with Crippen LogP contribution in [0.4, 0.5) is 11.4 Å². The highest BCUT2D eigenvalue weighted by Gasteiger charge is 2.19. The minimum atomic E-state index is 0.0215. The van der Waals surface area contributed by atoms with E-state index in [1.807, 2.05) is 6.07 Å². The van der Waals surface area contributed by atoms with Crippen molar-refractivity contribution in [2.45, 2.75) is 19.8 Å². The minimum Gasteiger partial charge on any atom is -0.312 e. The van der Waals surface area contributed by atoms with Gasteiger partial charge in [0.05, 0.1) is 5.69 Å². The van der Waals surface area contributed by atoms with Crippen molar-refractivity contribution >= 4 is 23.4 Å². The van der Waals surface area contributed by atoms with Crippen molar-refractivity contribution in [1.82, 2.24) is 0 Å². The van der Waals surface area contributed by atoms with E-state index in [0.717, 1.165) is 30.6 Å². The molecule has 0 unspecified atom stereocenters. The molecule has 0 radical (unpaired) electrons. The number of benzene rings is 1. The number of nitrogens with zero attached hydrogens (tertiary/aromatic N) is 2. The van der Waals surface area contributed by atoms with Gasteiger partial charge in [-0.3, -0.25) is 4.79 Å². The van der Waals surface area contributed by atoms with Crippen molar-refractivity contribution in [3.8, 4) is 0 Å². The van der Waals surface area contributed by atoms with Crippen LogP contribution < -0.4 is 4.90 Å². The number of aliphatic imine (C=N–C) groups is 1. The predicted molar refractivity (Wildman–Crippen MR) is 60.6 cm³/mol. The Morgan fingerprint density at radius 2 is 2.31 bits per heavy atom. The molecule has 4 heteroatoms. The number of isocyanates is 1. The van der Waals surface area contributed by atoms with Gasteiger partial charge in [0, 0.05) is 19.2 Å². The number of amides is 1. The summed E-state index contributed by atoms with van der Waals surface area (Å²) in [6, 6.07) is 5.45. The molecule has 4 nitrogen and oxygen atoms in total. The molecular formula is C12H12N2O2. The lowest BCUT2D eigenvalue weighted by molar-refractivity contribution is -0.116. The fourth-order valence-corrected chi connectivity index (χ4v) is 2.01. The van der Waals surface area contributed by atoms with E-state index in [9.17, 15) is 9.59 Å². The SMILES string of the molecule is CC(=O)N1CCCc2ccc(N=C=O)cc21. The standard InChI is InChI=1S/C12H12N2O2/c1-9(16)14-6-2-3-10-4-5-11(13-8-15)7-12(10)14/h4-5,7H,2-3,6H2,1H3. The number of hydrogen-bond acceptors (Lipinski definition) is 3. The molecule has 1 aliphatic rings. The van der Waals surface area contributed by atoms with Gasteiger partial charge in [0.15, 0.2) is 0 Å². The van der Waals surface area contributed by atoms with Crippen molar-refractivity contribution in [2.24, 2.45) is 4.99 Å². The molecule has 1 aliphatic heterocycles. The smallest absolute Gasteiger partial charge is 0.240 e. The van der Waals surface area contributed by atoms with Gasteiger partial charge in [-0.1, -0.05) is 6.07 Å². The van der Waals surface area contributed by atoms with Crippen LogP contribution in [0.2, 0.25) is 0 Å². The van der Waals surface area contributed by atoms with Crippen LogP contribution in [0, 0.1) is 0 Å². The third kappa shape index (κ3) is 1.88. The monoisotopic (exact) mass is 216 g/mol. The first-order chi connectivity index (χ1) is 7.72. The summed E-state index contributed by atoms with van der Waals surface area (Å²) in [4.78, 5) is 26.9. The number of carbonyl (C=O) groups is 1. The summed E-state index contributed by atoms with van der Waals surface area (Å²) in [6.07, 6.45) is 3.44. The first-order valence-corrected chi connectivity index (χ1v) is 5.21.